The number of alkyl halides is 3. The summed E-state index contributed by atoms with van der Waals surface area (Å²) in [6.45, 7) is 0. The van der Waals surface area contributed by atoms with Gasteiger partial charge in [0.25, 0.3) is 0 Å². The molecule has 4 heterocycles. The first-order chi connectivity index (χ1) is 18.2. The Balaban J connectivity index is 1.38. The maximum absolute atomic E-state index is 13.1. The number of ether oxygens (including phenoxy) is 2. The molecule has 9 nitrogen and oxygen atoms in total. The van der Waals surface area contributed by atoms with E-state index >= 15 is 0 Å². The molecule has 12 heteroatoms. The van der Waals surface area contributed by atoms with E-state index in [1.807, 2.05) is 11.6 Å². The summed E-state index contributed by atoms with van der Waals surface area (Å²) in [4.78, 5) is 21.9. The van der Waals surface area contributed by atoms with Crippen molar-refractivity contribution in [3.63, 3.8) is 0 Å². The molecule has 5 aromatic rings. The Morgan fingerprint density at radius 2 is 1.74 bits per heavy atom. The van der Waals surface area contributed by atoms with Gasteiger partial charge in [-0.2, -0.15) is 13.2 Å². The molecule has 0 spiro atoms. The molecule has 0 radical (unpaired) electrons. The van der Waals surface area contributed by atoms with Gasteiger partial charge in [-0.25, -0.2) is 24.9 Å². The Bertz CT molecular complexity index is 1650. The van der Waals surface area contributed by atoms with Crippen LogP contribution in [-0.2, 0) is 20.3 Å². The van der Waals surface area contributed by atoms with Crippen molar-refractivity contribution in [3.8, 4) is 40.2 Å². The van der Waals surface area contributed by atoms with Gasteiger partial charge in [-0.3, -0.25) is 0 Å². The third-order valence-electron chi connectivity index (χ3n) is 6.43. The van der Waals surface area contributed by atoms with Crippen molar-refractivity contribution < 1.29 is 22.6 Å². The predicted molar refractivity (Wildman–Crippen MR) is 132 cm³/mol. The molecule has 38 heavy (non-hydrogen) atoms. The van der Waals surface area contributed by atoms with Crippen LogP contribution in [0.25, 0.3) is 33.7 Å². The molecule has 1 aliphatic carbocycles. The minimum absolute atomic E-state index is 0.198. The number of pyridine rings is 1. The van der Waals surface area contributed by atoms with Gasteiger partial charge in [0.1, 0.15) is 29.1 Å². The number of rotatable bonds is 6. The molecule has 1 saturated carbocycles. The predicted octanol–water partition coefficient (Wildman–Crippen LogP) is 5.52. The van der Waals surface area contributed by atoms with Gasteiger partial charge in [0.05, 0.1) is 30.2 Å². The van der Waals surface area contributed by atoms with Crippen molar-refractivity contribution in [3.05, 3.63) is 60.6 Å². The van der Waals surface area contributed by atoms with Crippen LogP contribution >= 0.6 is 0 Å². The first kappa shape index (κ1) is 23.9. The van der Waals surface area contributed by atoms with Gasteiger partial charge >= 0.3 is 6.18 Å². The standard InChI is InChI=1S/C26H22F3N7O2/c1-35-11-18(26(27,28)29)33-24(35)15-6-8-16(9-7-15)38-19-10-17-22(32-13-36(17)2)23(34-19)20-21(14-4-5-14)30-12-31-25(20)37-3/h6-14H,4-5H2,1-3H3. The molecule has 6 rings (SSSR count). The second-order valence-corrected chi connectivity index (χ2v) is 9.13. The summed E-state index contributed by atoms with van der Waals surface area (Å²) in [7, 11) is 4.95. The van der Waals surface area contributed by atoms with E-state index in [4.69, 9.17) is 14.5 Å². The number of benzene rings is 1. The van der Waals surface area contributed by atoms with Crippen molar-refractivity contribution in [1.82, 2.24) is 34.1 Å². The Kier molecular flexibility index (Phi) is 5.55. The van der Waals surface area contributed by atoms with Crippen molar-refractivity contribution >= 4 is 11.0 Å². The lowest BCUT2D eigenvalue weighted by Crippen LogP contribution is -2.04. The van der Waals surface area contributed by atoms with Crippen LogP contribution in [-0.4, -0.2) is 41.2 Å². The number of methoxy groups -OCH3 is 1. The van der Waals surface area contributed by atoms with E-state index in [1.54, 1.807) is 43.8 Å². The number of hydrogen-bond donors (Lipinski definition) is 0. The third-order valence-corrected chi connectivity index (χ3v) is 6.43. The maximum atomic E-state index is 13.1. The summed E-state index contributed by atoms with van der Waals surface area (Å²) in [6.07, 6.45) is 1.70. The Hall–Kier alpha value is -4.48. The summed E-state index contributed by atoms with van der Waals surface area (Å²) in [5, 5.41) is 0. The molecule has 0 N–H and O–H groups in total. The number of halogens is 3. The van der Waals surface area contributed by atoms with Crippen LogP contribution in [0.3, 0.4) is 0 Å². The molecule has 0 saturated heterocycles. The second-order valence-electron chi connectivity index (χ2n) is 9.13. The molecule has 0 unspecified atom stereocenters. The summed E-state index contributed by atoms with van der Waals surface area (Å²) >= 11 is 0. The molecular weight excluding hydrogens is 499 g/mol. The summed E-state index contributed by atoms with van der Waals surface area (Å²) in [6, 6.07) is 8.41. The normalized spacial score (nSPS) is 13.7. The highest BCUT2D eigenvalue weighted by Crippen LogP contribution is 2.46. The first-order valence-electron chi connectivity index (χ1n) is 11.8. The number of nitrogens with zero attached hydrogens (tertiary/aromatic N) is 7. The second kappa shape index (κ2) is 8.82. The third kappa shape index (κ3) is 4.21. The van der Waals surface area contributed by atoms with Crippen LogP contribution in [0.5, 0.6) is 17.5 Å². The molecule has 0 aliphatic heterocycles. The highest BCUT2D eigenvalue weighted by molar-refractivity contribution is 5.92. The van der Waals surface area contributed by atoms with Crippen molar-refractivity contribution in [2.24, 2.45) is 14.1 Å². The maximum Gasteiger partial charge on any atom is 0.434 e. The van der Waals surface area contributed by atoms with Crippen LogP contribution in [0.4, 0.5) is 13.2 Å². The van der Waals surface area contributed by atoms with Gasteiger partial charge in [-0.1, -0.05) is 0 Å². The van der Waals surface area contributed by atoms with Gasteiger partial charge in [-0.05, 0) is 37.1 Å². The smallest absolute Gasteiger partial charge is 0.434 e. The lowest BCUT2D eigenvalue weighted by Gasteiger charge is -2.13. The number of aryl methyl sites for hydroxylation is 2. The van der Waals surface area contributed by atoms with Crippen molar-refractivity contribution in [2.75, 3.05) is 7.11 Å². The first-order valence-corrected chi connectivity index (χ1v) is 11.8. The number of imidazole rings is 2. The quantitative estimate of drug-likeness (QED) is 0.290. The van der Waals surface area contributed by atoms with Crippen LogP contribution in [0.1, 0.15) is 30.1 Å². The zero-order valence-electron chi connectivity index (χ0n) is 20.7. The van der Waals surface area contributed by atoms with E-state index in [1.165, 1.54) is 17.9 Å². The topological polar surface area (TPSA) is 92.8 Å². The zero-order valence-corrected chi connectivity index (χ0v) is 20.7. The Morgan fingerprint density at radius 3 is 2.39 bits per heavy atom. The van der Waals surface area contributed by atoms with Crippen LogP contribution in [0.15, 0.2) is 49.2 Å². The molecular formula is C26H22F3N7O2. The number of hydrogen-bond acceptors (Lipinski definition) is 7. The monoisotopic (exact) mass is 521 g/mol. The Labute approximate surface area is 214 Å². The zero-order chi connectivity index (χ0) is 26.6. The lowest BCUT2D eigenvalue weighted by atomic mass is 10.1. The molecule has 194 valence electrons. The van der Waals surface area contributed by atoms with Crippen molar-refractivity contribution in [2.45, 2.75) is 24.9 Å². The summed E-state index contributed by atoms with van der Waals surface area (Å²) in [5.74, 6) is 1.69. The minimum atomic E-state index is -4.52. The lowest BCUT2D eigenvalue weighted by molar-refractivity contribution is -0.140. The van der Waals surface area contributed by atoms with E-state index in [0.717, 1.165) is 30.2 Å². The van der Waals surface area contributed by atoms with Crippen LogP contribution in [0, 0.1) is 0 Å². The number of aromatic nitrogens is 7. The summed E-state index contributed by atoms with van der Waals surface area (Å²) < 4.78 is 54.1. The van der Waals surface area contributed by atoms with Crippen LogP contribution in [0.2, 0.25) is 0 Å². The molecule has 1 fully saturated rings. The van der Waals surface area contributed by atoms with Gasteiger partial charge in [0.2, 0.25) is 11.8 Å². The summed E-state index contributed by atoms with van der Waals surface area (Å²) in [5.41, 5.74) is 3.15. The molecule has 0 amide bonds. The van der Waals surface area contributed by atoms with Crippen molar-refractivity contribution in [1.29, 1.82) is 0 Å². The fourth-order valence-electron chi connectivity index (χ4n) is 4.42. The Morgan fingerprint density at radius 1 is 0.974 bits per heavy atom. The van der Waals surface area contributed by atoms with Gasteiger partial charge < -0.3 is 18.6 Å². The largest absolute Gasteiger partial charge is 0.480 e. The highest BCUT2D eigenvalue weighted by atomic mass is 19.4. The van der Waals surface area contributed by atoms with E-state index in [0.29, 0.717) is 45.8 Å². The number of fused-ring (bicyclic) bond motifs is 1. The highest BCUT2D eigenvalue weighted by Gasteiger charge is 2.35. The van der Waals surface area contributed by atoms with E-state index in [2.05, 4.69) is 19.9 Å². The molecule has 1 aromatic carbocycles. The van der Waals surface area contributed by atoms with E-state index < -0.39 is 11.9 Å². The molecule has 0 bridgehead atoms. The SMILES string of the molecule is COc1ncnc(C2CC2)c1-c1nc(Oc2ccc(-c3nc(C(F)(F)F)cn3C)cc2)cc2c1ncn2C. The molecule has 1 aliphatic rings. The van der Waals surface area contributed by atoms with Gasteiger partial charge in [-0.15, -0.1) is 0 Å². The van der Waals surface area contributed by atoms with Gasteiger partial charge in [0, 0.05) is 37.8 Å². The average molecular weight is 522 g/mol. The minimum Gasteiger partial charge on any atom is -0.480 e. The van der Waals surface area contributed by atoms with E-state index in [-0.39, 0.29) is 5.82 Å². The fraction of sp³-hybridized carbons (Fsp3) is 0.269. The molecule has 4 aromatic heterocycles. The van der Waals surface area contributed by atoms with Gasteiger partial charge in [0.15, 0.2) is 5.69 Å². The van der Waals surface area contributed by atoms with E-state index in [9.17, 15) is 13.2 Å². The fourth-order valence-corrected chi connectivity index (χ4v) is 4.42. The average Bonchev–Trinajstić information content (AvgIpc) is 3.57. The van der Waals surface area contributed by atoms with Crippen LogP contribution < -0.4 is 9.47 Å². The molecule has 0 atom stereocenters.